The molecule has 0 aliphatic carbocycles. The van der Waals surface area contributed by atoms with E-state index >= 15 is 0 Å². The number of benzene rings is 1. The predicted molar refractivity (Wildman–Crippen MR) is 93.7 cm³/mol. The molecule has 0 bridgehead atoms. The largest absolute Gasteiger partial charge is 0.493 e. The molecule has 2 aromatic rings. The average molecular weight is 394 g/mol. The minimum Gasteiger partial charge on any atom is -0.493 e. The van der Waals surface area contributed by atoms with E-state index in [0.717, 1.165) is 4.47 Å². The molecule has 0 aliphatic rings. The molecule has 2 rings (SSSR count). The summed E-state index contributed by atoms with van der Waals surface area (Å²) in [4.78, 5) is 23.2. The summed E-state index contributed by atoms with van der Waals surface area (Å²) in [5.41, 5.74) is 1.09. The Labute approximate surface area is 147 Å². The van der Waals surface area contributed by atoms with Crippen LogP contribution in [0.1, 0.15) is 17.4 Å². The Morgan fingerprint density at radius 2 is 1.96 bits per heavy atom. The summed E-state index contributed by atoms with van der Waals surface area (Å²) < 4.78 is 6.10. The number of hydrogen-bond acceptors (Lipinski definition) is 6. The van der Waals surface area contributed by atoms with E-state index in [9.17, 15) is 9.59 Å². The molecule has 1 heterocycles. The molecule has 0 saturated carbocycles. The van der Waals surface area contributed by atoms with E-state index in [0.29, 0.717) is 17.1 Å². The Hall–Kier alpha value is -2.68. The second kappa shape index (κ2) is 7.73. The normalized spacial score (nSPS) is 10.0. The first-order valence-electron chi connectivity index (χ1n) is 6.93. The van der Waals surface area contributed by atoms with Gasteiger partial charge in [-0.3, -0.25) is 9.59 Å². The maximum atomic E-state index is 12.0. The highest BCUT2D eigenvalue weighted by Gasteiger charge is 2.17. The van der Waals surface area contributed by atoms with E-state index in [1.807, 2.05) is 12.1 Å². The highest BCUT2D eigenvalue weighted by atomic mass is 79.9. The van der Waals surface area contributed by atoms with Crippen molar-refractivity contribution < 1.29 is 14.3 Å². The van der Waals surface area contributed by atoms with Gasteiger partial charge in [0.05, 0.1) is 23.0 Å². The van der Waals surface area contributed by atoms with Crippen molar-refractivity contribution in [3.8, 4) is 5.75 Å². The molecule has 0 atom stereocenters. The molecule has 0 spiro atoms. The number of halogens is 1. The van der Waals surface area contributed by atoms with Crippen LogP contribution in [0.2, 0.25) is 0 Å². The molecule has 0 aliphatic heterocycles. The van der Waals surface area contributed by atoms with Crippen LogP contribution >= 0.6 is 15.9 Å². The van der Waals surface area contributed by atoms with E-state index in [1.54, 1.807) is 13.2 Å². The smallest absolute Gasteiger partial charge is 0.273 e. The van der Waals surface area contributed by atoms with Crippen LogP contribution < -0.4 is 20.7 Å². The Morgan fingerprint density at radius 1 is 1.21 bits per heavy atom. The maximum Gasteiger partial charge on any atom is 0.273 e. The number of hydrogen-bond donors (Lipinski definition) is 3. The van der Waals surface area contributed by atoms with E-state index in [-0.39, 0.29) is 17.4 Å². The molecule has 0 unspecified atom stereocenters. The lowest BCUT2D eigenvalue weighted by Gasteiger charge is -2.15. The third-order valence-corrected chi connectivity index (χ3v) is 3.61. The number of carbonyl (C=O) groups excluding carboxylic acids is 2. The Bertz CT molecular complexity index is 782. The minimum atomic E-state index is -0.409. The summed E-state index contributed by atoms with van der Waals surface area (Å²) in [6.07, 6.45) is 0. The molecule has 9 heteroatoms. The number of methoxy groups -OCH3 is 1. The molecule has 126 valence electrons. The van der Waals surface area contributed by atoms with Crippen molar-refractivity contribution in [1.82, 2.24) is 15.5 Å². The summed E-state index contributed by atoms with van der Waals surface area (Å²) in [6.45, 7) is 1.36. The lowest BCUT2D eigenvalue weighted by atomic mass is 10.2. The molecule has 0 radical (unpaired) electrons. The van der Waals surface area contributed by atoms with Crippen LogP contribution in [-0.4, -0.2) is 36.2 Å². The van der Waals surface area contributed by atoms with Crippen LogP contribution in [0, 0.1) is 0 Å². The summed E-state index contributed by atoms with van der Waals surface area (Å²) in [5, 5.41) is 15.8. The molecule has 0 fully saturated rings. The van der Waals surface area contributed by atoms with Gasteiger partial charge in [-0.05, 0) is 28.1 Å². The topological polar surface area (TPSA) is 105 Å². The first-order chi connectivity index (χ1) is 11.5. The lowest BCUT2D eigenvalue weighted by molar-refractivity contribution is -0.114. The van der Waals surface area contributed by atoms with Crippen LogP contribution in [0.25, 0.3) is 0 Å². The zero-order valence-electron chi connectivity index (χ0n) is 13.3. The van der Waals surface area contributed by atoms with Gasteiger partial charge in [0.2, 0.25) is 5.91 Å². The molecular formula is C15H16BrN5O3. The number of aromatic nitrogens is 2. The Balaban J connectivity index is 2.48. The minimum absolute atomic E-state index is 0.0913. The number of anilines is 3. The number of ether oxygens (including phenoxy) is 1. The van der Waals surface area contributed by atoms with Crippen molar-refractivity contribution in [2.75, 3.05) is 24.8 Å². The third kappa shape index (κ3) is 3.99. The maximum absolute atomic E-state index is 12.0. The van der Waals surface area contributed by atoms with Crippen molar-refractivity contribution >= 4 is 44.9 Å². The van der Waals surface area contributed by atoms with Gasteiger partial charge in [-0.15, -0.1) is 10.2 Å². The summed E-state index contributed by atoms with van der Waals surface area (Å²) in [5.74, 6) is 0.0983. The quantitative estimate of drug-likeness (QED) is 0.719. The van der Waals surface area contributed by atoms with E-state index in [2.05, 4.69) is 42.1 Å². The van der Waals surface area contributed by atoms with Gasteiger partial charge in [-0.2, -0.15) is 0 Å². The molecule has 8 nitrogen and oxygen atoms in total. The molecule has 2 amide bonds. The van der Waals surface area contributed by atoms with Gasteiger partial charge in [-0.25, -0.2) is 0 Å². The SMILES string of the molecule is CNC(=O)c1nnc(NC(C)=O)cc1Nc1cccc(Br)c1OC. The molecule has 1 aromatic heterocycles. The highest BCUT2D eigenvalue weighted by molar-refractivity contribution is 9.10. The first kappa shape index (κ1) is 17.7. The van der Waals surface area contributed by atoms with Gasteiger partial charge in [0.1, 0.15) is 0 Å². The van der Waals surface area contributed by atoms with Crippen LogP contribution in [-0.2, 0) is 4.79 Å². The number of nitrogens with one attached hydrogen (secondary N) is 3. The first-order valence-corrected chi connectivity index (χ1v) is 7.72. The van der Waals surface area contributed by atoms with Gasteiger partial charge in [0, 0.05) is 20.0 Å². The molecule has 3 N–H and O–H groups in total. The highest BCUT2D eigenvalue weighted by Crippen LogP contribution is 2.35. The average Bonchev–Trinajstić information content (AvgIpc) is 2.54. The Morgan fingerprint density at radius 3 is 2.58 bits per heavy atom. The van der Waals surface area contributed by atoms with Gasteiger partial charge >= 0.3 is 0 Å². The summed E-state index contributed by atoms with van der Waals surface area (Å²) >= 11 is 3.40. The number of nitrogens with zero attached hydrogens (tertiary/aromatic N) is 2. The molecule has 0 saturated heterocycles. The number of amides is 2. The monoisotopic (exact) mass is 393 g/mol. The second-order valence-corrected chi connectivity index (χ2v) is 5.55. The summed E-state index contributed by atoms with van der Waals surface area (Å²) in [6, 6.07) is 6.96. The van der Waals surface area contributed by atoms with E-state index in [4.69, 9.17) is 4.74 Å². The third-order valence-electron chi connectivity index (χ3n) is 2.98. The Kier molecular flexibility index (Phi) is 5.69. The van der Waals surface area contributed by atoms with Gasteiger partial charge in [-0.1, -0.05) is 6.07 Å². The van der Waals surface area contributed by atoms with Gasteiger partial charge in [0.25, 0.3) is 5.91 Å². The van der Waals surface area contributed by atoms with Crippen molar-refractivity contribution in [3.05, 3.63) is 34.4 Å². The molecule has 24 heavy (non-hydrogen) atoms. The van der Waals surface area contributed by atoms with Crippen molar-refractivity contribution in [3.63, 3.8) is 0 Å². The number of para-hydroxylation sites is 1. The zero-order chi connectivity index (χ0) is 17.7. The van der Waals surface area contributed by atoms with Crippen LogP contribution in [0.4, 0.5) is 17.2 Å². The standard InChI is InChI=1S/C15H16BrN5O3/c1-8(22)18-12-7-11(13(21-20-12)15(23)17-2)19-10-6-4-5-9(16)14(10)24-3/h4-7H,1-3H3,(H,17,23)(H2,18,19,20,22). The van der Waals surface area contributed by atoms with E-state index in [1.165, 1.54) is 20.0 Å². The fourth-order valence-corrected chi connectivity index (χ4v) is 2.50. The predicted octanol–water partition coefficient (Wildman–Crippen LogP) is 2.31. The zero-order valence-corrected chi connectivity index (χ0v) is 14.9. The van der Waals surface area contributed by atoms with Crippen molar-refractivity contribution in [2.45, 2.75) is 6.92 Å². The fraction of sp³-hybridized carbons (Fsp3) is 0.200. The van der Waals surface area contributed by atoms with Crippen molar-refractivity contribution in [2.24, 2.45) is 0 Å². The lowest BCUT2D eigenvalue weighted by Crippen LogP contribution is -2.22. The van der Waals surface area contributed by atoms with Gasteiger partial charge in [0.15, 0.2) is 17.3 Å². The summed E-state index contributed by atoms with van der Waals surface area (Å²) in [7, 11) is 3.04. The van der Waals surface area contributed by atoms with Crippen molar-refractivity contribution in [1.29, 1.82) is 0 Å². The fourth-order valence-electron chi connectivity index (χ4n) is 1.97. The number of rotatable bonds is 5. The van der Waals surface area contributed by atoms with Crippen LogP contribution in [0.15, 0.2) is 28.7 Å². The van der Waals surface area contributed by atoms with E-state index < -0.39 is 5.91 Å². The molecular weight excluding hydrogens is 378 g/mol. The van der Waals surface area contributed by atoms with Crippen LogP contribution in [0.5, 0.6) is 5.75 Å². The van der Waals surface area contributed by atoms with Gasteiger partial charge < -0.3 is 20.7 Å². The second-order valence-electron chi connectivity index (χ2n) is 4.70. The molecule has 1 aromatic carbocycles. The van der Waals surface area contributed by atoms with Crippen LogP contribution in [0.3, 0.4) is 0 Å². The number of carbonyl (C=O) groups is 2.